The number of sulfonamides is 1. The molecule has 26 heavy (non-hydrogen) atoms. The number of carbonyl (C=O) groups excluding carboxylic acids is 1. The summed E-state index contributed by atoms with van der Waals surface area (Å²) < 4.78 is 27.3. The number of rotatable bonds is 4. The Morgan fingerprint density at radius 2 is 1.81 bits per heavy atom. The van der Waals surface area contributed by atoms with Crippen LogP contribution in [0.3, 0.4) is 0 Å². The molecular formula is C19H27ClN2O3S. The molecule has 7 heteroatoms. The Balaban J connectivity index is 1.81. The summed E-state index contributed by atoms with van der Waals surface area (Å²) >= 11 is 6.18. The third kappa shape index (κ3) is 4.24. The van der Waals surface area contributed by atoms with E-state index in [1.54, 1.807) is 6.07 Å². The number of amides is 1. The van der Waals surface area contributed by atoms with Gasteiger partial charge < -0.3 is 5.32 Å². The van der Waals surface area contributed by atoms with Gasteiger partial charge in [0.25, 0.3) is 5.91 Å². The lowest BCUT2D eigenvalue weighted by Crippen LogP contribution is -2.41. The Morgan fingerprint density at radius 3 is 2.50 bits per heavy atom. The molecule has 0 bridgehead atoms. The maximum atomic E-state index is 12.9. The molecule has 1 N–H and O–H groups in total. The fourth-order valence-corrected chi connectivity index (χ4v) is 5.89. The standard InChI is InChI=1S/C19H27ClN2O3S/c1-14-7-3-4-8-17(14)21-19(23)15-9-10-16(20)18(13-15)26(24,25)22-11-5-2-6-12-22/h9-10,13-14,17H,2-8,11-12H2,1H3,(H,21,23). The van der Waals surface area contributed by atoms with Gasteiger partial charge in [-0.15, -0.1) is 0 Å². The molecule has 144 valence electrons. The second kappa shape index (κ2) is 8.28. The van der Waals surface area contributed by atoms with Crippen LogP contribution in [-0.2, 0) is 10.0 Å². The first-order valence-electron chi connectivity index (χ1n) is 9.50. The van der Waals surface area contributed by atoms with Crippen LogP contribution in [0.1, 0.15) is 62.2 Å². The van der Waals surface area contributed by atoms with Crippen molar-refractivity contribution in [2.75, 3.05) is 13.1 Å². The van der Waals surface area contributed by atoms with Gasteiger partial charge in [-0.3, -0.25) is 4.79 Å². The molecule has 1 aliphatic carbocycles. The molecule has 1 amide bonds. The fraction of sp³-hybridized carbons (Fsp3) is 0.632. The Labute approximate surface area is 161 Å². The molecule has 2 atom stereocenters. The van der Waals surface area contributed by atoms with Crippen molar-refractivity contribution in [2.24, 2.45) is 5.92 Å². The maximum absolute atomic E-state index is 12.9. The van der Waals surface area contributed by atoms with Crippen LogP contribution in [0.5, 0.6) is 0 Å². The van der Waals surface area contributed by atoms with E-state index in [4.69, 9.17) is 11.6 Å². The van der Waals surface area contributed by atoms with Gasteiger partial charge >= 0.3 is 0 Å². The highest BCUT2D eigenvalue weighted by Gasteiger charge is 2.29. The second-order valence-electron chi connectivity index (χ2n) is 7.45. The monoisotopic (exact) mass is 398 g/mol. The highest BCUT2D eigenvalue weighted by molar-refractivity contribution is 7.89. The zero-order valence-corrected chi connectivity index (χ0v) is 16.8. The summed E-state index contributed by atoms with van der Waals surface area (Å²) in [6.45, 7) is 3.17. The minimum absolute atomic E-state index is 0.0328. The van der Waals surface area contributed by atoms with Gasteiger partial charge in [0.05, 0.1) is 5.02 Å². The summed E-state index contributed by atoms with van der Waals surface area (Å²) in [5, 5.41) is 3.24. The van der Waals surface area contributed by atoms with Gasteiger partial charge in [0.1, 0.15) is 4.90 Å². The van der Waals surface area contributed by atoms with Crippen molar-refractivity contribution in [3.63, 3.8) is 0 Å². The van der Waals surface area contributed by atoms with Gasteiger partial charge in [-0.1, -0.05) is 37.8 Å². The van der Waals surface area contributed by atoms with E-state index in [1.807, 2.05) is 0 Å². The van der Waals surface area contributed by atoms with E-state index in [-0.39, 0.29) is 21.9 Å². The summed E-state index contributed by atoms with van der Waals surface area (Å²) in [5.41, 5.74) is 0.350. The predicted molar refractivity (Wildman–Crippen MR) is 103 cm³/mol. The van der Waals surface area contributed by atoms with Crippen LogP contribution >= 0.6 is 11.6 Å². The summed E-state index contributed by atoms with van der Waals surface area (Å²) in [7, 11) is -3.67. The summed E-state index contributed by atoms with van der Waals surface area (Å²) in [6, 6.07) is 4.68. The van der Waals surface area contributed by atoms with Crippen molar-refractivity contribution < 1.29 is 13.2 Å². The van der Waals surface area contributed by atoms with Crippen LogP contribution in [0.2, 0.25) is 5.02 Å². The van der Waals surface area contributed by atoms with Gasteiger partial charge in [-0.05, 0) is 49.8 Å². The summed E-state index contributed by atoms with van der Waals surface area (Å²) in [6.07, 6.45) is 7.16. The molecule has 2 unspecified atom stereocenters. The zero-order valence-electron chi connectivity index (χ0n) is 15.2. The number of hydrogen-bond donors (Lipinski definition) is 1. The van der Waals surface area contributed by atoms with Crippen molar-refractivity contribution in [3.8, 4) is 0 Å². The quantitative estimate of drug-likeness (QED) is 0.838. The van der Waals surface area contributed by atoms with Crippen LogP contribution in [-0.4, -0.2) is 37.8 Å². The average molecular weight is 399 g/mol. The normalized spacial score (nSPS) is 25.0. The summed E-state index contributed by atoms with van der Waals surface area (Å²) in [4.78, 5) is 12.7. The molecule has 1 aromatic carbocycles. The van der Waals surface area contributed by atoms with E-state index in [1.165, 1.54) is 22.9 Å². The fourth-order valence-electron chi connectivity index (χ4n) is 3.87. The first kappa shape index (κ1) is 19.6. The number of piperidine rings is 1. The molecule has 0 spiro atoms. The molecule has 1 saturated heterocycles. The lowest BCUT2D eigenvalue weighted by Gasteiger charge is -2.29. The molecular weight excluding hydrogens is 372 g/mol. The van der Waals surface area contributed by atoms with Crippen LogP contribution in [0, 0.1) is 5.92 Å². The molecule has 0 aromatic heterocycles. The van der Waals surface area contributed by atoms with Gasteiger partial charge in [0, 0.05) is 24.7 Å². The summed E-state index contributed by atoms with van der Waals surface area (Å²) in [5.74, 6) is 0.215. The van der Waals surface area contributed by atoms with Crippen molar-refractivity contribution in [2.45, 2.75) is 62.8 Å². The number of nitrogens with zero attached hydrogens (tertiary/aromatic N) is 1. The number of carbonyl (C=O) groups is 1. The van der Waals surface area contributed by atoms with Gasteiger partial charge in [0.2, 0.25) is 10.0 Å². The van der Waals surface area contributed by atoms with E-state index in [0.717, 1.165) is 38.5 Å². The van der Waals surface area contributed by atoms with Gasteiger partial charge in [-0.25, -0.2) is 8.42 Å². The zero-order chi connectivity index (χ0) is 18.7. The molecule has 2 fully saturated rings. The number of nitrogens with one attached hydrogen (secondary N) is 1. The van der Waals surface area contributed by atoms with E-state index in [0.29, 0.717) is 24.6 Å². The molecule has 1 heterocycles. The lowest BCUT2D eigenvalue weighted by molar-refractivity contribution is 0.0910. The maximum Gasteiger partial charge on any atom is 0.251 e. The molecule has 3 rings (SSSR count). The predicted octanol–water partition coefficient (Wildman–Crippen LogP) is 3.82. The Kier molecular flexibility index (Phi) is 6.25. The highest BCUT2D eigenvalue weighted by atomic mass is 35.5. The van der Waals surface area contributed by atoms with E-state index in [2.05, 4.69) is 12.2 Å². The van der Waals surface area contributed by atoms with Crippen LogP contribution < -0.4 is 5.32 Å². The first-order chi connectivity index (χ1) is 12.4. The third-order valence-corrected chi connectivity index (χ3v) is 7.93. The largest absolute Gasteiger partial charge is 0.349 e. The van der Waals surface area contributed by atoms with Gasteiger partial charge in [-0.2, -0.15) is 4.31 Å². The van der Waals surface area contributed by atoms with E-state index >= 15 is 0 Å². The van der Waals surface area contributed by atoms with Crippen LogP contribution in [0.15, 0.2) is 23.1 Å². The Bertz CT molecular complexity index is 760. The number of halogens is 1. The van der Waals surface area contributed by atoms with Crippen molar-refractivity contribution >= 4 is 27.5 Å². The minimum atomic E-state index is -3.67. The number of hydrogen-bond acceptors (Lipinski definition) is 3. The molecule has 0 radical (unpaired) electrons. The molecule has 1 aliphatic heterocycles. The third-order valence-electron chi connectivity index (χ3n) is 5.55. The Morgan fingerprint density at radius 1 is 1.12 bits per heavy atom. The molecule has 1 saturated carbocycles. The van der Waals surface area contributed by atoms with E-state index in [9.17, 15) is 13.2 Å². The molecule has 2 aliphatic rings. The average Bonchev–Trinajstić information content (AvgIpc) is 2.64. The van der Waals surface area contributed by atoms with Crippen molar-refractivity contribution in [1.29, 1.82) is 0 Å². The topological polar surface area (TPSA) is 66.5 Å². The van der Waals surface area contributed by atoms with Crippen molar-refractivity contribution in [3.05, 3.63) is 28.8 Å². The molecule has 5 nitrogen and oxygen atoms in total. The minimum Gasteiger partial charge on any atom is -0.349 e. The van der Waals surface area contributed by atoms with Crippen LogP contribution in [0.4, 0.5) is 0 Å². The Hall–Kier alpha value is -1.11. The van der Waals surface area contributed by atoms with E-state index < -0.39 is 10.0 Å². The lowest BCUT2D eigenvalue weighted by atomic mass is 9.86. The highest BCUT2D eigenvalue weighted by Crippen LogP contribution is 2.28. The SMILES string of the molecule is CC1CCCCC1NC(=O)c1ccc(Cl)c(S(=O)(=O)N2CCCCC2)c1. The number of benzene rings is 1. The van der Waals surface area contributed by atoms with Crippen LogP contribution in [0.25, 0.3) is 0 Å². The first-order valence-corrected chi connectivity index (χ1v) is 11.3. The molecule has 1 aromatic rings. The second-order valence-corrected chi connectivity index (χ2v) is 9.77. The van der Waals surface area contributed by atoms with Gasteiger partial charge in [0.15, 0.2) is 0 Å². The van der Waals surface area contributed by atoms with Crippen molar-refractivity contribution in [1.82, 2.24) is 9.62 Å². The smallest absolute Gasteiger partial charge is 0.251 e.